The van der Waals surface area contributed by atoms with E-state index in [4.69, 9.17) is 0 Å². The van der Waals surface area contributed by atoms with Crippen LogP contribution in [0, 0.1) is 0 Å². The van der Waals surface area contributed by atoms with Gasteiger partial charge in [0, 0.05) is 53.9 Å². The number of imide groups is 1. The van der Waals surface area contributed by atoms with Crippen molar-refractivity contribution in [1.29, 1.82) is 0 Å². The summed E-state index contributed by atoms with van der Waals surface area (Å²) in [4.78, 5) is 78.8. The molecule has 0 bridgehead atoms. The van der Waals surface area contributed by atoms with Crippen molar-refractivity contribution in [2.75, 3.05) is 19.6 Å². The van der Waals surface area contributed by atoms with E-state index in [9.17, 15) is 33.9 Å². The van der Waals surface area contributed by atoms with Gasteiger partial charge in [0.15, 0.2) is 0 Å². The summed E-state index contributed by atoms with van der Waals surface area (Å²) in [5, 5.41) is 14.2. The fourth-order valence-corrected chi connectivity index (χ4v) is 6.32. The topological polar surface area (TPSA) is 156 Å². The van der Waals surface area contributed by atoms with Gasteiger partial charge in [0.2, 0.25) is 11.8 Å². The number of nitrogens with one attached hydrogen (secondary N) is 2. The summed E-state index contributed by atoms with van der Waals surface area (Å²) in [6, 6.07) is 4.11. The number of fused-ring (bicyclic) bond motifs is 1. The monoisotopic (exact) mass is 540 g/mol. The van der Waals surface area contributed by atoms with Crippen LogP contribution >= 0.6 is 11.8 Å². The number of rotatable bonds is 6. The first-order valence-electron chi connectivity index (χ1n) is 11.5. The van der Waals surface area contributed by atoms with E-state index >= 15 is 0 Å². The van der Waals surface area contributed by atoms with Gasteiger partial charge in [-0.25, -0.2) is 9.59 Å². The number of carbonyl (C=O) groups is 6. The number of carboxylic acid groups (broad SMARTS) is 1. The number of urea groups is 1. The summed E-state index contributed by atoms with van der Waals surface area (Å²) in [6.07, 6.45) is 0. The number of hydrogen-bond acceptors (Lipinski definition) is 7. The van der Waals surface area contributed by atoms with Crippen LogP contribution in [0.25, 0.3) is 0 Å². The molecule has 6 amide bonds. The Morgan fingerprint density at radius 3 is 2.35 bits per heavy atom. The predicted molar refractivity (Wildman–Crippen MR) is 133 cm³/mol. The molecule has 0 aliphatic carbocycles. The Hall–Kier alpha value is -2.61. The number of likely N-dealkylation sites (N-methyl/N-ethyl adjacent to an activating group) is 1. The number of nitrogens with zero attached hydrogens (tertiary/aromatic N) is 3. The van der Waals surface area contributed by atoms with E-state index in [1.54, 1.807) is 51.1 Å². The number of thioether (sulfide) groups is 1. The second-order valence-corrected chi connectivity index (χ2v) is 11.0. The van der Waals surface area contributed by atoms with Crippen molar-refractivity contribution in [1.82, 2.24) is 25.3 Å². The molecule has 0 saturated carbocycles. The minimum Gasteiger partial charge on any atom is -0.480 e. The molecule has 3 fully saturated rings. The second kappa shape index (κ2) is 11.0. The predicted octanol–water partition coefficient (Wildman–Crippen LogP) is -0.621. The molecule has 3 heterocycles. The summed E-state index contributed by atoms with van der Waals surface area (Å²) in [5.41, 5.74) is 0.403. The van der Waals surface area contributed by atoms with Crippen LogP contribution in [-0.4, -0.2) is 127 Å². The Balaban J connectivity index is 0.00000380. The number of piperazine rings is 1. The van der Waals surface area contributed by atoms with Gasteiger partial charge < -0.3 is 25.5 Å². The molecule has 0 spiro atoms. The SMILES string of the molecule is CCN1CCN(C(=O)NC(C(=O)NC2C(=O)N3C2SC(C)(C)C3C(=O)O)c2ccccc2)C(=O)C1=O.[Na]. The van der Waals surface area contributed by atoms with Gasteiger partial charge in [0.25, 0.3) is 0 Å². The largest absolute Gasteiger partial charge is 0.480 e. The molecule has 3 aliphatic heterocycles. The van der Waals surface area contributed by atoms with Crippen LogP contribution in [0.4, 0.5) is 4.79 Å². The summed E-state index contributed by atoms with van der Waals surface area (Å²) in [6.45, 7) is 5.67. The molecule has 3 N–H and O–H groups in total. The molecule has 1 radical (unpaired) electrons. The number of aliphatic carboxylic acids is 1. The molecular formula is C23H27N5NaO7S. The third kappa shape index (κ3) is 5.22. The van der Waals surface area contributed by atoms with Crippen molar-refractivity contribution >= 4 is 76.9 Å². The molecule has 4 rings (SSSR count). The van der Waals surface area contributed by atoms with Crippen LogP contribution in [0.3, 0.4) is 0 Å². The van der Waals surface area contributed by atoms with Crippen molar-refractivity contribution in [2.45, 2.75) is 49.0 Å². The van der Waals surface area contributed by atoms with Crippen LogP contribution in [0.15, 0.2) is 30.3 Å². The van der Waals surface area contributed by atoms with E-state index in [0.29, 0.717) is 12.1 Å². The van der Waals surface area contributed by atoms with E-state index < -0.39 is 63.9 Å². The molecule has 3 aliphatic rings. The molecule has 1 aromatic rings. The average molecular weight is 541 g/mol. The molecule has 4 atom stereocenters. The number of benzene rings is 1. The van der Waals surface area contributed by atoms with E-state index in [0.717, 1.165) is 4.90 Å². The molecule has 14 heteroatoms. The minimum absolute atomic E-state index is 0. The Morgan fingerprint density at radius 2 is 1.76 bits per heavy atom. The van der Waals surface area contributed by atoms with E-state index in [2.05, 4.69) is 10.6 Å². The minimum atomic E-state index is -1.26. The maximum absolute atomic E-state index is 13.3. The van der Waals surface area contributed by atoms with Gasteiger partial charge in [-0.3, -0.25) is 24.1 Å². The van der Waals surface area contributed by atoms with E-state index in [1.165, 1.54) is 21.6 Å². The molecule has 12 nitrogen and oxygen atoms in total. The van der Waals surface area contributed by atoms with Crippen molar-refractivity contribution in [3.05, 3.63) is 35.9 Å². The van der Waals surface area contributed by atoms with Gasteiger partial charge in [-0.15, -0.1) is 11.8 Å². The van der Waals surface area contributed by atoms with Crippen LogP contribution < -0.4 is 10.6 Å². The first-order valence-corrected chi connectivity index (χ1v) is 12.3. The Labute approximate surface area is 239 Å². The summed E-state index contributed by atoms with van der Waals surface area (Å²) < 4.78 is -0.758. The maximum Gasteiger partial charge on any atom is 0.327 e. The van der Waals surface area contributed by atoms with Crippen LogP contribution in [-0.2, 0) is 24.0 Å². The molecule has 193 valence electrons. The van der Waals surface area contributed by atoms with Crippen LogP contribution in [0.1, 0.15) is 32.4 Å². The number of amides is 6. The molecular weight excluding hydrogens is 513 g/mol. The summed E-state index contributed by atoms with van der Waals surface area (Å²) in [5.74, 6) is -4.12. The first-order chi connectivity index (χ1) is 17.0. The smallest absolute Gasteiger partial charge is 0.327 e. The van der Waals surface area contributed by atoms with Crippen LogP contribution in [0.5, 0.6) is 0 Å². The molecule has 4 unspecified atom stereocenters. The van der Waals surface area contributed by atoms with Gasteiger partial charge in [-0.05, 0) is 26.3 Å². The van der Waals surface area contributed by atoms with Crippen molar-refractivity contribution in [3.63, 3.8) is 0 Å². The third-order valence-electron chi connectivity index (χ3n) is 6.57. The summed E-state index contributed by atoms with van der Waals surface area (Å²) >= 11 is 1.28. The van der Waals surface area contributed by atoms with Crippen LogP contribution in [0.2, 0.25) is 0 Å². The molecule has 1 aromatic carbocycles. The van der Waals surface area contributed by atoms with Crippen molar-refractivity contribution in [2.24, 2.45) is 0 Å². The van der Waals surface area contributed by atoms with Crippen molar-refractivity contribution < 1.29 is 33.9 Å². The fourth-order valence-electron chi connectivity index (χ4n) is 4.70. The zero-order chi connectivity index (χ0) is 26.4. The number of hydrogen-bond donors (Lipinski definition) is 3. The Bertz CT molecular complexity index is 1130. The Kier molecular flexibility index (Phi) is 8.62. The summed E-state index contributed by atoms with van der Waals surface area (Å²) in [7, 11) is 0. The van der Waals surface area contributed by atoms with Gasteiger partial charge in [0.05, 0.1) is 0 Å². The standard InChI is InChI=1S/C23H27N5O7S.Na/c1-4-26-10-11-27(19(32)18(26)31)22(35)25-13(12-8-6-5-7-9-12)16(29)24-14-17(30)28-15(21(33)34)23(2,3)36-20(14)28;/h5-9,13-15,20H,4,10-11H2,1-3H3,(H,24,29)(H,25,35)(H,33,34);. The molecule has 0 aromatic heterocycles. The zero-order valence-electron chi connectivity index (χ0n) is 21.0. The van der Waals surface area contributed by atoms with Gasteiger partial charge >= 0.3 is 23.8 Å². The maximum atomic E-state index is 13.3. The van der Waals surface area contributed by atoms with Crippen molar-refractivity contribution in [3.8, 4) is 0 Å². The number of β-lactam (4-membered cyclic amide) rings is 1. The van der Waals surface area contributed by atoms with Gasteiger partial charge in [-0.2, -0.15) is 0 Å². The fraction of sp³-hybridized carbons (Fsp3) is 0.478. The quantitative estimate of drug-likeness (QED) is 0.245. The Morgan fingerprint density at radius 1 is 1.11 bits per heavy atom. The molecule has 37 heavy (non-hydrogen) atoms. The zero-order valence-corrected chi connectivity index (χ0v) is 23.8. The molecule has 3 saturated heterocycles. The van der Waals surface area contributed by atoms with E-state index in [1.807, 2.05) is 0 Å². The normalized spacial score (nSPS) is 25.0. The second-order valence-electron chi connectivity index (χ2n) is 9.22. The first kappa shape index (κ1) is 29.0. The third-order valence-corrected chi connectivity index (χ3v) is 8.14. The van der Waals surface area contributed by atoms with Gasteiger partial charge in [-0.1, -0.05) is 30.3 Å². The van der Waals surface area contributed by atoms with E-state index in [-0.39, 0.29) is 42.6 Å². The van der Waals surface area contributed by atoms with Gasteiger partial charge in [0.1, 0.15) is 23.5 Å². The number of carbonyl (C=O) groups excluding carboxylic acids is 5. The average Bonchev–Trinajstić information content (AvgIpc) is 3.10. The number of carboxylic acids is 1.